The Balaban J connectivity index is 2.39. The zero-order valence-electron chi connectivity index (χ0n) is 10.3. The molecular weight excluding hydrogens is 224 g/mol. The molecule has 0 aliphatic heterocycles. The Morgan fingerprint density at radius 1 is 1.28 bits per heavy atom. The van der Waals surface area contributed by atoms with Gasteiger partial charge >= 0.3 is 0 Å². The quantitative estimate of drug-likeness (QED) is 0.820. The van der Waals surface area contributed by atoms with Crippen LogP contribution in [0.15, 0.2) is 48.8 Å². The van der Waals surface area contributed by atoms with E-state index < -0.39 is 5.91 Å². The molecule has 0 aliphatic carbocycles. The van der Waals surface area contributed by atoms with Crippen molar-refractivity contribution in [2.24, 2.45) is 5.73 Å². The predicted molar refractivity (Wildman–Crippen MR) is 73.6 cm³/mol. The maximum absolute atomic E-state index is 11.5. The molecule has 1 amide bonds. The van der Waals surface area contributed by atoms with Crippen molar-refractivity contribution in [1.82, 2.24) is 4.57 Å². The average Bonchev–Trinajstić information content (AvgIpc) is 2.84. The number of benzene rings is 1. The third-order valence-corrected chi connectivity index (χ3v) is 2.80. The highest BCUT2D eigenvalue weighted by molar-refractivity contribution is 6.23. The van der Waals surface area contributed by atoms with Gasteiger partial charge < -0.3 is 10.3 Å². The molecule has 2 N–H and O–H groups in total. The summed E-state index contributed by atoms with van der Waals surface area (Å²) < 4.78 is 2.05. The smallest absolute Gasteiger partial charge is 0.249 e. The van der Waals surface area contributed by atoms with Crippen molar-refractivity contribution < 1.29 is 4.79 Å². The second kappa shape index (κ2) is 5.36. The Labute approximate surface area is 107 Å². The third kappa shape index (κ3) is 2.69. The molecule has 0 spiro atoms. The first-order chi connectivity index (χ1) is 8.70. The van der Waals surface area contributed by atoms with Gasteiger partial charge in [0.15, 0.2) is 0 Å². The van der Waals surface area contributed by atoms with E-state index in [1.807, 2.05) is 54.9 Å². The van der Waals surface area contributed by atoms with Crippen LogP contribution >= 0.6 is 0 Å². The minimum Gasteiger partial charge on any atom is -0.366 e. The SMILES string of the molecule is CCn1ccc(C=C(C(N)=O)c2ccccc2)c1. The van der Waals surface area contributed by atoms with Gasteiger partial charge in [0.25, 0.3) is 0 Å². The molecule has 3 nitrogen and oxygen atoms in total. The van der Waals surface area contributed by atoms with Crippen LogP contribution in [-0.2, 0) is 11.3 Å². The van der Waals surface area contributed by atoms with Gasteiger partial charge in [-0.05, 0) is 30.2 Å². The normalized spacial score (nSPS) is 11.5. The molecule has 0 atom stereocenters. The molecule has 0 unspecified atom stereocenters. The summed E-state index contributed by atoms with van der Waals surface area (Å²) in [5.41, 5.74) is 7.80. The maximum Gasteiger partial charge on any atom is 0.249 e. The Morgan fingerprint density at radius 3 is 2.56 bits per heavy atom. The van der Waals surface area contributed by atoms with Gasteiger partial charge in [-0.3, -0.25) is 4.79 Å². The van der Waals surface area contributed by atoms with Crippen LogP contribution < -0.4 is 5.73 Å². The molecule has 18 heavy (non-hydrogen) atoms. The van der Waals surface area contributed by atoms with Crippen molar-refractivity contribution in [3.63, 3.8) is 0 Å². The zero-order valence-corrected chi connectivity index (χ0v) is 10.3. The number of nitrogens with two attached hydrogens (primary N) is 1. The second-order valence-electron chi connectivity index (χ2n) is 4.06. The highest BCUT2D eigenvalue weighted by Crippen LogP contribution is 2.18. The van der Waals surface area contributed by atoms with E-state index in [9.17, 15) is 4.79 Å². The van der Waals surface area contributed by atoms with Gasteiger partial charge in [-0.1, -0.05) is 30.3 Å². The van der Waals surface area contributed by atoms with Crippen molar-refractivity contribution in [3.05, 3.63) is 59.9 Å². The van der Waals surface area contributed by atoms with Crippen LogP contribution in [0.3, 0.4) is 0 Å². The molecule has 0 bridgehead atoms. The van der Waals surface area contributed by atoms with E-state index >= 15 is 0 Å². The van der Waals surface area contributed by atoms with Gasteiger partial charge in [0, 0.05) is 24.5 Å². The van der Waals surface area contributed by atoms with Crippen molar-refractivity contribution in [2.45, 2.75) is 13.5 Å². The van der Waals surface area contributed by atoms with Crippen LogP contribution in [0.1, 0.15) is 18.1 Å². The van der Waals surface area contributed by atoms with Gasteiger partial charge in [-0.25, -0.2) is 0 Å². The lowest BCUT2D eigenvalue weighted by atomic mass is 10.0. The predicted octanol–water partition coefficient (Wildman–Crippen LogP) is 2.53. The third-order valence-electron chi connectivity index (χ3n) is 2.80. The first-order valence-electron chi connectivity index (χ1n) is 5.93. The van der Waals surface area contributed by atoms with Crippen molar-refractivity contribution in [2.75, 3.05) is 0 Å². The first-order valence-corrected chi connectivity index (χ1v) is 5.93. The van der Waals surface area contributed by atoms with Gasteiger partial charge in [-0.15, -0.1) is 0 Å². The average molecular weight is 240 g/mol. The molecular formula is C15H16N2O. The summed E-state index contributed by atoms with van der Waals surface area (Å²) in [6.45, 7) is 2.98. The molecule has 1 aromatic carbocycles. The molecule has 2 rings (SSSR count). The largest absolute Gasteiger partial charge is 0.366 e. The fourth-order valence-electron chi connectivity index (χ4n) is 1.82. The molecule has 1 aromatic heterocycles. The summed E-state index contributed by atoms with van der Waals surface area (Å²) in [5, 5.41) is 0. The number of aryl methyl sites for hydroxylation is 1. The van der Waals surface area contributed by atoms with E-state index in [0.29, 0.717) is 5.57 Å². The van der Waals surface area contributed by atoms with Gasteiger partial charge in [0.05, 0.1) is 0 Å². The molecule has 2 aromatic rings. The molecule has 0 radical (unpaired) electrons. The molecule has 1 heterocycles. The fraction of sp³-hybridized carbons (Fsp3) is 0.133. The van der Waals surface area contributed by atoms with E-state index in [1.54, 1.807) is 0 Å². The summed E-state index contributed by atoms with van der Waals surface area (Å²) in [7, 11) is 0. The standard InChI is InChI=1S/C15H16N2O/c1-2-17-9-8-12(11-17)10-14(15(16)18)13-6-4-3-5-7-13/h3-11H,2H2,1H3,(H2,16,18). The monoisotopic (exact) mass is 240 g/mol. The summed E-state index contributed by atoms with van der Waals surface area (Å²) in [6.07, 6.45) is 5.80. The lowest BCUT2D eigenvalue weighted by Crippen LogP contribution is -2.12. The summed E-state index contributed by atoms with van der Waals surface area (Å²) in [4.78, 5) is 11.5. The lowest BCUT2D eigenvalue weighted by Gasteiger charge is -2.02. The van der Waals surface area contributed by atoms with Crippen molar-refractivity contribution in [1.29, 1.82) is 0 Å². The molecule has 0 fully saturated rings. The number of carbonyl (C=O) groups is 1. The molecule has 3 heteroatoms. The van der Waals surface area contributed by atoms with Gasteiger partial charge in [0.2, 0.25) is 5.91 Å². The minimum atomic E-state index is -0.412. The lowest BCUT2D eigenvalue weighted by molar-refractivity contribution is -0.112. The number of primary amides is 1. The Kier molecular flexibility index (Phi) is 3.63. The molecule has 0 saturated heterocycles. The van der Waals surface area contributed by atoms with Crippen LogP contribution in [0.25, 0.3) is 11.6 Å². The second-order valence-corrected chi connectivity index (χ2v) is 4.06. The van der Waals surface area contributed by atoms with E-state index in [2.05, 4.69) is 11.5 Å². The number of hydrogen-bond donors (Lipinski definition) is 1. The Bertz CT molecular complexity index is 567. The molecule has 0 saturated carbocycles. The van der Waals surface area contributed by atoms with Crippen LogP contribution in [0.2, 0.25) is 0 Å². The minimum absolute atomic E-state index is 0.412. The summed E-state index contributed by atoms with van der Waals surface area (Å²) in [6, 6.07) is 11.4. The topological polar surface area (TPSA) is 48.0 Å². The van der Waals surface area contributed by atoms with Crippen molar-refractivity contribution >= 4 is 17.6 Å². The number of hydrogen-bond acceptors (Lipinski definition) is 1. The summed E-state index contributed by atoms with van der Waals surface area (Å²) >= 11 is 0. The van der Waals surface area contributed by atoms with Crippen molar-refractivity contribution in [3.8, 4) is 0 Å². The van der Waals surface area contributed by atoms with E-state index in [-0.39, 0.29) is 0 Å². The zero-order chi connectivity index (χ0) is 13.0. The van der Waals surface area contributed by atoms with Crippen LogP contribution in [0.5, 0.6) is 0 Å². The first kappa shape index (κ1) is 12.2. The highest BCUT2D eigenvalue weighted by Gasteiger charge is 2.07. The van der Waals surface area contributed by atoms with Crippen LogP contribution in [0, 0.1) is 0 Å². The number of rotatable bonds is 4. The van der Waals surface area contributed by atoms with E-state index in [1.165, 1.54) is 0 Å². The van der Waals surface area contributed by atoms with Crippen LogP contribution in [-0.4, -0.2) is 10.5 Å². The Hall–Kier alpha value is -2.29. The molecule has 92 valence electrons. The number of carbonyl (C=O) groups excluding carboxylic acids is 1. The van der Waals surface area contributed by atoms with E-state index in [0.717, 1.165) is 17.7 Å². The Morgan fingerprint density at radius 2 is 2.00 bits per heavy atom. The van der Waals surface area contributed by atoms with Gasteiger partial charge in [-0.2, -0.15) is 0 Å². The molecule has 0 aliphatic rings. The fourth-order valence-corrected chi connectivity index (χ4v) is 1.82. The van der Waals surface area contributed by atoms with E-state index in [4.69, 9.17) is 5.73 Å². The van der Waals surface area contributed by atoms with Crippen LogP contribution in [0.4, 0.5) is 0 Å². The number of amides is 1. The number of aromatic nitrogens is 1. The highest BCUT2D eigenvalue weighted by atomic mass is 16.1. The maximum atomic E-state index is 11.5. The summed E-state index contributed by atoms with van der Waals surface area (Å²) in [5.74, 6) is -0.412. The number of nitrogens with zero attached hydrogens (tertiary/aromatic N) is 1. The van der Waals surface area contributed by atoms with Gasteiger partial charge in [0.1, 0.15) is 0 Å².